The molecule has 1 heterocycles. The fourth-order valence-corrected chi connectivity index (χ4v) is 1.97. The van der Waals surface area contributed by atoms with Gasteiger partial charge in [0.25, 0.3) is 0 Å². The molecule has 0 unspecified atom stereocenters. The maximum atomic E-state index is 9.74. The van der Waals surface area contributed by atoms with Crippen LogP contribution in [0.2, 0.25) is 5.02 Å². The van der Waals surface area contributed by atoms with Crippen LogP contribution in [0.4, 0.5) is 0 Å². The highest BCUT2D eigenvalue weighted by molar-refractivity contribution is 6.31. The van der Waals surface area contributed by atoms with Crippen molar-refractivity contribution in [3.05, 3.63) is 23.2 Å². The van der Waals surface area contributed by atoms with Crippen LogP contribution >= 0.6 is 11.6 Å². The van der Waals surface area contributed by atoms with Gasteiger partial charge in [-0.25, -0.2) is 9.97 Å². The molecular formula is C12H7ClN2O4. The summed E-state index contributed by atoms with van der Waals surface area (Å²) in [6, 6.07) is 4.72. The summed E-state index contributed by atoms with van der Waals surface area (Å²) >= 11 is 5.83. The molecule has 0 saturated heterocycles. The maximum absolute atomic E-state index is 9.74. The molecule has 4 N–H and O–H groups in total. The maximum Gasteiger partial charge on any atom is 0.206 e. The monoisotopic (exact) mass is 278 g/mol. The molecule has 0 spiro atoms. The number of halogens is 1. The Morgan fingerprint density at radius 2 is 1.26 bits per heavy atom. The van der Waals surface area contributed by atoms with Crippen molar-refractivity contribution in [2.45, 2.75) is 0 Å². The Balaban J connectivity index is 2.55. The van der Waals surface area contributed by atoms with E-state index in [0.717, 1.165) is 0 Å². The lowest BCUT2D eigenvalue weighted by Gasteiger charge is -2.08. The molecule has 1 aromatic heterocycles. The second-order valence-electron chi connectivity index (χ2n) is 3.95. The fourth-order valence-electron chi connectivity index (χ4n) is 1.81. The Morgan fingerprint density at radius 3 is 1.84 bits per heavy atom. The van der Waals surface area contributed by atoms with Gasteiger partial charge in [-0.2, -0.15) is 0 Å². The van der Waals surface area contributed by atoms with Crippen molar-refractivity contribution in [3.63, 3.8) is 0 Å². The van der Waals surface area contributed by atoms with Crippen LogP contribution in [-0.4, -0.2) is 30.4 Å². The van der Waals surface area contributed by atoms with E-state index in [-0.39, 0.29) is 11.0 Å². The zero-order chi connectivity index (χ0) is 13.7. The quantitative estimate of drug-likeness (QED) is 0.285. The minimum Gasteiger partial charge on any atom is -0.503 e. The summed E-state index contributed by atoms with van der Waals surface area (Å²) in [7, 11) is 0. The minimum absolute atomic E-state index is 0.109. The molecule has 0 amide bonds. The third kappa shape index (κ3) is 1.57. The molecule has 3 rings (SSSR count). The van der Waals surface area contributed by atoms with E-state index in [4.69, 9.17) is 11.6 Å². The third-order valence-electron chi connectivity index (χ3n) is 2.75. The highest BCUT2D eigenvalue weighted by atomic mass is 35.5. The van der Waals surface area contributed by atoms with Gasteiger partial charge in [-0.3, -0.25) is 0 Å². The first kappa shape index (κ1) is 11.6. The Kier molecular flexibility index (Phi) is 2.30. The number of aromatic nitrogens is 2. The first-order valence-electron chi connectivity index (χ1n) is 5.22. The van der Waals surface area contributed by atoms with Crippen molar-refractivity contribution >= 4 is 33.7 Å². The van der Waals surface area contributed by atoms with E-state index in [1.807, 2.05) is 0 Å². The van der Waals surface area contributed by atoms with Crippen molar-refractivity contribution in [2.75, 3.05) is 0 Å². The molecular weight excluding hydrogens is 272 g/mol. The van der Waals surface area contributed by atoms with Crippen LogP contribution in [0.15, 0.2) is 18.2 Å². The first-order valence-corrected chi connectivity index (χ1v) is 5.59. The van der Waals surface area contributed by atoms with E-state index in [9.17, 15) is 20.4 Å². The Morgan fingerprint density at radius 1 is 0.737 bits per heavy atom. The number of hydrogen-bond acceptors (Lipinski definition) is 6. The van der Waals surface area contributed by atoms with Gasteiger partial charge >= 0.3 is 0 Å². The summed E-state index contributed by atoms with van der Waals surface area (Å²) < 4.78 is 0. The Labute approximate surface area is 111 Å². The van der Waals surface area contributed by atoms with Crippen molar-refractivity contribution in [3.8, 4) is 23.0 Å². The SMILES string of the molecule is Oc1c(O)c(O)c2nc3cc(Cl)ccc3nc2c1O. The average Bonchev–Trinajstić information content (AvgIpc) is 2.41. The van der Waals surface area contributed by atoms with Gasteiger partial charge in [-0.1, -0.05) is 11.6 Å². The van der Waals surface area contributed by atoms with E-state index >= 15 is 0 Å². The zero-order valence-corrected chi connectivity index (χ0v) is 10.0. The molecule has 7 heteroatoms. The number of hydrogen-bond donors (Lipinski definition) is 4. The van der Waals surface area contributed by atoms with Crippen molar-refractivity contribution in [1.29, 1.82) is 0 Å². The lowest BCUT2D eigenvalue weighted by molar-refractivity contribution is 0.350. The normalized spacial score (nSPS) is 11.2. The number of aromatic hydroxyl groups is 4. The summed E-state index contributed by atoms with van der Waals surface area (Å²) in [6.45, 7) is 0. The third-order valence-corrected chi connectivity index (χ3v) is 2.98. The highest BCUT2D eigenvalue weighted by Crippen LogP contribution is 2.47. The smallest absolute Gasteiger partial charge is 0.206 e. The van der Waals surface area contributed by atoms with Crippen LogP contribution in [-0.2, 0) is 0 Å². The zero-order valence-electron chi connectivity index (χ0n) is 9.29. The number of rotatable bonds is 0. The van der Waals surface area contributed by atoms with Gasteiger partial charge in [-0.05, 0) is 18.2 Å². The first-order chi connectivity index (χ1) is 8.99. The Bertz CT molecular complexity index is 835. The van der Waals surface area contributed by atoms with Gasteiger partial charge in [0.05, 0.1) is 11.0 Å². The van der Waals surface area contributed by atoms with Crippen molar-refractivity contribution < 1.29 is 20.4 Å². The predicted molar refractivity (Wildman–Crippen MR) is 68.7 cm³/mol. The van der Waals surface area contributed by atoms with Gasteiger partial charge in [0.15, 0.2) is 11.5 Å². The molecule has 2 aromatic carbocycles. The molecule has 0 bridgehead atoms. The number of phenolic OH excluding ortho intramolecular Hbond substituents is 4. The van der Waals surface area contributed by atoms with Gasteiger partial charge in [0.1, 0.15) is 11.0 Å². The number of fused-ring (bicyclic) bond motifs is 2. The molecule has 3 aromatic rings. The molecule has 19 heavy (non-hydrogen) atoms. The van der Waals surface area contributed by atoms with Crippen molar-refractivity contribution in [2.24, 2.45) is 0 Å². The van der Waals surface area contributed by atoms with Crippen LogP contribution in [0.1, 0.15) is 0 Å². The van der Waals surface area contributed by atoms with Gasteiger partial charge < -0.3 is 20.4 Å². The van der Waals surface area contributed by atoms with Crippen LogP contribution < -0.4 is 0 Å². The van der Waals surface area contributed by atoms with Crippen molar-refractivity contribution in [1.82, 2.24) is 9.97 Å². The summed E-state index contributed by atoms with van der Waals surface area (Å²) in [6.07, 6.45) is 0. The lowest BCUT2D eigenvalue weighted by Crippen LogP contribution is -1.89. The molecule has 0 radical (unpaired) electrons. The number of benzene rings is 2. The topological polar surface area (TPSA) is 107 Å². The van der Waals surface area contributed by atoms with E-state index in [0.29, 0.717) is 16.1 Å². The Hall–Kier alpha value is -2.47. The van der Waals surface area contributed by atoms with E-state index in [1.165, 1.54) is 6.07 Å². The predicted octanol–water partition coefficient (Wildman–Crippen LogP) is 2.26. The fraction of sp³-hybridized carbons (Fsp3) is 0. The van der Waals surface area contributed by atoms with Crippen LogP contribution in [0.5, 0.6) is 23.0 Å². The van der Waals surface area contributed by atoms with Gasteiger partial charge in [-0.15, -0.1) is 0 Å². The van der Waals surface area contributed by atoms with Crippen LogP contribution in [0.3, 0.4) is 0 Å². The van der Waals surface area contributed by atoms with E-state index < -0.39 is 23.0 Å². The largest absolute Gasteiger partial charge is 0.503 e. The summed E-state index contributed by atoms with van der Waals surface area (Å²) in [4.78, 5) is 8.15. The van der Waals surface area contributed by atoms with Gasteiger partial charge in [0.2, 0.25) is 11.5 Å². The van der Waals surface area contributed by atoms with Crippen LogP contribution in [0, 0.1) is 0 Å². The summed E-state index contributed by atoms with van der Waals surface area (Å²) in [5.74, 6) is -2.98. The lowest BCUT2D eigenvalue weighted by atomic mass is 10.2. The highest BCUT2D eigenvalue weighted by Gasteiger charge is 2.20. The van der Waals surface area contributed by atoms with Crippen LogP contribution in [0.25, 0.3) is 22.1 Å². The molecule has 0 saturated carbocycles. The molecule has 0 aliphatic rings. The molecule has 0 fully saturated rings. The minimum atomic E-state index is -0.847. The standard InChI is InChI=1S/C12H7ClN2O4/c13-4-1-2-5-6(3-4)15-8-7(14-5)9(16)11(18)12(19)10(8)17/h1-3,16-19H. The van der Waals surface area contributed by atoms with E-state index in [2.05, 4.69) is 9.97 Å². The number of nitrogens with zero attached hydrogens (tertiary/aromatic N) is 2. The molecule has 0 aliphatic heterocycles. The van der Waals surface area contributed by atoms with Gasteiger partial charge in [0, 0.05) is 5.02 Å². The average molecular weight is 279 g/mol. The molecule has 6 nitrogen and oxygen atoms in total. The van der Waals surface area contributed by atoms with E-state index in [1.54, 1.807) is 12.1 Å². The molecule has 0 aliphatic carbocycles. The summed E-state index contributed by atoms with van der Waals surface area (Å²) in [5, 5.41) is 38.8. The second kappa shape index (κ2) is 3.76. The molecule has 0 atom stereocenters. The summed E-state index contributed by atoms with van der Waals surface area (Å²) in [5.41, 5.74) is 0.585. The number of phenols is 4. The second-order valence-corrected chi connectivity index (χ2v) is 4.38. The molecule has 96 valence electrons.